The summed E-state index contributed by atoms with van der Waals surface area (Å²) in [5.74, 6) is -0.334. The van der Waals surface area contributed by atoms with E-state index in [0.717, 1.165) is 6.07 Å². The zero-order valence-electron chi connectivity index (χ0n) is 14.7. The van der Waals surface area contributed by atoms with E-state index in [9.17, 15) is 8.78 Å². The minimum atomic E-state index is -0.693. The highest BCUT2D eigenvalue weighted by Gasteiger charge is 2.23. The van der Waals surface area contributed by atoms with Crippen molar-refractivity contribution < 1.29 is 18.0 Å². The number of rotatable bonds is 4. The van der Waals surface area contributed by atoms with Crippen LogP contribution in [-0.4, -0.2) is 12.3 Å². The minimum absolute atomic E-state index is 0.305. The molecule has 0 atom stereocenters. The van der Waals surface area contributed by atoms with Gasteiger partial charge in [0, 0.05) is 17.2 Å². The summed E-state index contributed by atoms with van der Waals surface area (Å²) in [6.07, 6.45) is 0. The van der Waals surface area contributed by atoms with Crippen molar-refractivity contribution >= 4 is 11.6 Å². The first-order valence-corrected chi connectivity index (χ1v) is 8.80. The topological polar surface area (TPSA) is 35.3 Å². The molecule has 0 bridgehead atoms. The van der Waals surface area contributed by atoms with Crippen LogP contribution in [0.2, 0.25) is 5.02 Å². The number of aromatic nitrogens is 1. The van der Waals surface area contributed by atoms with E-state index in [1.807, 2.05) is 0 Å². The molecule has 0 N–H and O–H groups in total. The van der Waals surface area contributed by atoms with Crippen LogP contribution in [0.3, 0.4) is 0 Å². The van der Waals surface area contributed by atoms with Gasteiger partial charge in [0.15, 0.2) is 5.76 Å². The maximum Gasteiger partial charge on any atom is 0.175 e. The first-order chi connectivity index (χ1) is 13.6. The molecule has 1 heterocycles. The van der Waals surface area contributed by atoms with Crippen LogP contribution in [0.15, 0.2) is 71.3 Å². The van der Waals surface area contributed by atoms with Gasteiger partial charge in [-0.3, -0.25) is 0 Å². The van der Waals surface area contributed by atoms with E-state index in [2.05, 4.69) is 5.16 Å². The molecule has 0 unspecified atom stereocenters. The van der Waals surface area contributed by atoms with Gasteiger partial charge in [0.2, 0.25) is 0 Å². The molecule has 0 amide bonds. The van der Waals surface area contributed by atoms with E-state index in [0.29, 0.717) is 44.5 Å². The fourth-order valence-corrected chi connectivity index (χ4v) is 3.26. The number of hydrogen-bond donors (Lipinski definition) is 0. The second kappa shape index (κ2) is 7.44. The van der Waals surface area contributed by atoms with Crippen molar-refractivity contribution in [2.75, 3.05) is 7.11 Å². The molecular weight excluding hydrogens is 384 g/mol. The molecule has 0 fully saturated rings. The van der Waals surface area contributed by atoms with Crippen LogP contribution >= 0.6 is 11.6 Å². The van der Waals surface area contributed by atoms with Gasteiger partial charge >= 0.3 is 0 Å². The van der Waals surface area contributed by atoms with Crippen molar-refractivity contribution in [1.82, 2.24) is 5.16 Å². The Labute approximate surface area is 165 Å². The predicted molar refractivity (Wildman–Crippen MR) is 104 cm³/mol. The normalized spacial score (nSPS) is 10.9. The highest BCUT2D eigenvalue weighted by atomic mass is 35.5. The van der Waals surface area contributed by atoms with Crippen molar-refractivity contribution in [3.05, 3.63) is 83.4 Å². The third kappa shape index (κ3) is 3.37. The molecule has 0 aliphatic rings. The van der Waals surface area contributed by atoms with Gasteiger partial charge in [-0.25, -0.2) is 8.78 Å². The Balaban J connectivity index is 1.98. The summed E-state index contributed by atoms with van der Waals surface area (Å²) in [7, 11) is 1.57. The van der Waals surface area contributed by atoms with Crippen molar-refractivity contribution in [3.63, 3.8) is 0 Å². The number of benzene rings is 3. The Bertz CT molecular complexity index is 1120. The molecule has 3 aromatic carbocycles. The number of methoxy groups -OCH3 is 1. The number of nitrogens with zero attached hydrogens (tertiary/aromatic N) is 1. The average Bonchev–Trinajstić information content (AvgIpc) is 3.12. The predicted octanol–water partition coefficient (Wildman–Crippen LogP) is 6.62. The molecule has 0 saturated carbocycles. The second-order valence-electron chi connectivity index (χ2n) is 6.10. The van der Waals surface area contributed by atoms with Gasteiger partial charge < -0.3 is 9.26 Å². The minimum Gasteiger partial charge on any atom is -0.497 e. The Kier molecular flexibility index (Phi) is 4.84. The van der Waals surface area contributed by atoms with E-state index >= 15 is 0 Å². The summed E-state index contributed by atoms with van der Waals surface area (Å²) < 4.78 is 38.6. The molecule has 6 heteroatoms. The fraction of sp³-hybridized carbons (Fsp3) is 0.0455. The number of hydrogen-bond acceptors (Lipinski definition) is 3. The molecule has 0 aliphatic heterocycles. The van der Waals surface area contributed by atoms with Gasteiger partial charge in [0.05, 0.1) is 17.7 Å². The monoisotopic (exact) mass is 397 g/mol. The number of ether oxygens (including phenoxy) is 1. The summed E-state index contributed by atoms with van der Waals surface area (Å²) in [4.78, 5) is 0. The molecule has 0 spiro atoms. The molecule has 140 valence electrons. The first-order valence-electron chi connectivity index (χ1n) is 8.42. The fourth-order valence-electron chi connectivity index (χ4n) is 3.03. The van der Waals surface area contributed by atoms with Crippen LogP contribution in [0, 0.1) is 11.6 Å². The molecule has 3 nitrogen and oxygen atoms in total. The third-order valence-electron chi connectivity index (χ3n) is 4.32. The summed E-state index contributed by atoms with van der Waals surface area (Å²) in [5, 5.41) is 4.62. The van der Waals surface area contributed by atoms with Gasteiger partial charge in [-0.05, 0) is 48.0 Å². The molecular formula is C22H14ClF2NO2. The summed E-state index contributed by atoms with van der Waals surface area (Å²) in [6, 6.07) is 17.5. The van der Waals surface area contributed by atoms with Crippen LogP contribution in [0.4, 0.5) is 8.78 Å². The molecule has 0 aliphatic carbocycles. The lowest BCUT2D eigenvalue weighted by molar-refractivity contribution is 0.414. The lowest BCUT2D eigenvalue weighted by atomic mass is 9.96. The Morgan fingerprint density at radius 2 is 1.57 bits per heavy atom. The largest absolute Gasteiger partial charge is 0.497 e. The zero-order valence-corrected chi connectivity index (χ0v) is 15.5. The Hall–Kier alpha value is -3.18. The van der Waals surface area contributed by atoms with E-state index < -0.39 is 11.6 Å². The lowest BCUT2D eigenvalue weighted by Crippen LogP contribution is -1.89. The molecule has 4 rings (SSSR count). The SMILES string of the molecule is COc1ccc(-c2onc(-c3ccccc3Cl)c2-c2cc(F)cc(F)c2)cc1. The summed E-state index contributed by atoms with van der Waals surface area (Å²) in [5.41, 5.74) is 2.45. The summed E-state index contributed by atoms with van der Waals surface area (Å²) in [6.45, 7) is 0. The smallest absolute Gasteiger partial charge is 0.175 e. The third-order valence-corrected chi connectivity index (χ3v) is 4.65. The van der Waals surface area contributed by atoms with Gasteiger partial charge in [-0.15, -0.1) is 0 Å². The zero-order chi connectivity index (χ0) is 19.7. The van der Waals surface area contributed by atoms with E-state index in [-0.39, 0.29) is 0 Å². The molecule has 28 heavy (non-hydrogen) atoms. The lowest BCUT2D eigenvalue weighted by Gasteiger charge is -2.08. The molecule has 4 aromatic rings. The van der Waals surface area contributed by atoms with Crippen molar-refractivity contribution in [3.8, 4) is 39.5 Å². The van der Waals surface area contributed by atoms with Crippen LogP contribution in [0.1, 0.15) is 0 Å². The Morgan fingerprint density at radius 1 is 0.893 bits per heavy atom. The maximum atomic E-state index is 13.9. The highest BCUT2D eigenvalue weighted by molar-refractivity contribution is 6.33. The van der Waals surface area contributed by atoms with Gasteiger partial charge in [0.1, 0.15) is 23.1 Å². The maximum absolute atomic E-state index is 13.9. The molecule has 1 aromatic heterocycles. The number of halogens is 3. The van der Waals surface area contributed by atoms with E-state index in [1.54, 1.807) is 55.6 Å². The van der Waals surface area contributed by atoms with Crippen LogP contribution in [0.5, 0.6) is 5.75 Å². The second-order valence-corrected chi connectivity index (χ2v) is 6.51. The van der Waals surface area contributed by atoms with Crippen LogP contribution < -0.4 is 4.74 Å². The van der Waals surface area contributed by atoms with Gasteiger partial charge in [-0.2, -0.15) is 0 Å². The van der Waals surface area contributed by atoms with Crippen molar-refractivity contribution in [1.29, 1.82) is 0 Å². The van der Waals surface area contributed by atoms with Crippen molar-refractivity contribution in [2.45, 2.75) is 0 Å². The van der Waals surface area contributed by atoms with Crippen molar-refractivity contribution in [2.24, 2.45) is 0 Å². The van der Waals surface area contributed by atoms with Crippen LogP contribution in [0.25, 0.3) is 33.7 Å². The highest BCUT2D eigenvalue weighted by Crippen LogP contribution is 2.42. The van der Waals surface area contributed by atoms with Gasteiger partial charge in [-0.1, -0.05) is 35.0 Å². The van der Waals surface area contributed by atoms with E-state index in [1.165, 1.54) is 12.1 Å². The van der Waals surface area contributed by atoms with Gasteiger partial charge in [0.25, 0.3) is 0 Å². The summed E-state index contributed by atoms with van der Waals surface area (Å²) >= 11 is 6.33. The quantitative estimate of drug-likeness (QED) is 0.388. The first kappa shape index (κ1) is 18.2. The Morgan fingerprint density at radius 3 is 2.21 bits per heavy atom. The average molecular weight is 398 g/mol. The van der Waals surface area contributed by atoms with Crippen LogP contribution in [-0.2, 0) is 0 Å². The standard InChI is InChI=1S/C22H14ClF2NO2/c1-27-17-8-6-13(7-9-17)22-20(14-10-15(24)12-16(25)11-14)21(26-28-22)18-4-2-3-5-19(18)23/h2-12H,1H3. The molecule has 0 saturated heterocycles. The van der Waals surface area contributed by atoms with E-state index in [4.69, 9.17) is 20.9 Å². The molecule has 0 radical (unpaired) electrons.